The van der Waals surface area contributed by atoms with Crippen molar-refractivity contribution in [3.05, 3.63) is 97.1 Å². The van der Waals surface area contributed by atoms with Gasteiger partial charge in [-0.2, -0.15) is 0 Å². The van der Waals surface area contributed by atoms with Gasteiger partial charge in [0.15, 0.2) is 0 Å². The van der Waals surface area contributed by atoms with E-state index in [0.717, 1.165) is 42.2 Å². The average molecular weight is 1100 g/mol. The molecule has 73 heavy (non-hydrogen) atoms. The predicted octanol–water partition coefficient (Wildman–Crippen LogP) is 15.1. The normalized spacial score (nSPS) is 9.33. The molecular formula is C54H102B4N2O9S4. The van der Waals surface area contributed by atoms with Gasteiger partial charge >= 0.3 is 6.03 Å². The van der Waals surface area contributed by atoms with Crippen molar-refractivity contribution >= 4 is 106 Å². The van der Waals surface area contributed by atoms with Gasteiger partial charge in [-0.25, -0.2) is 4.79 Å². The zero-order chi connectivity index (χ0) is 55.9. The summed E-state index contributed by atoms with van der Waals surface area (Å²) in [4.78, 5) is 42.8. The molecule has 11 nitrogen and oxygen atoms in total. The Balaban J connectivity index is -0.0000000379. The molecule has 3 amide bonds. The van der Waals surface area contributed by atoms with E-state index in [1.807, 2.05) is 126 Å². The fraction of sp³-hybridized carbons (Fsp3) is 0.481. The molecule has 0 aliphatic carbocycles. The number of aromatic hydroxyl groups is 2. The number of phenols is 2. The lowest BCUT2D eigenvalue weighted by Gasteiger charge is -2.02. The number of ether oxygens (including phenoxy) is 3. The number of hydrogen-bond acceptors (Lipinski definition) is 13. The summed E-state index contributed by atoms with van der Waals surface area (Å²) in [6, 6.07) is 29.3. The first kappa shape index (κ1) is 102. The summed E-state index contributed by atoms with van der Waals surface area (Å²) in [5, 5.41) is 22.0. The summed E-state index contributed by atoms with van der Waals surface area (Å²) in [6.07, 6.45) is 8.89. The van der Waals surface area contributed by atoms with Gasteiger partial charge in [0.25, 0.3) is 0 Å². The van der Waals surface area contributed by atoms with Gasteiger partial charge in [0.2, 0.25) is 5.91 Å². The fourth-order valence-electron chi connectivity index (χ4n) is 3.23. The maximum absolute atomic E-state index is 10.4. The SMILES string of the molecule is CC.CC.CC.CC.CC.CC1NC(=O)NC1=O.CC=O.CC=O.CCC.CCOc1ccc(SC)cc1.CCOc1ccc(SC)cc1.COC.CSc1ccc(O)cc1.Oc1ccc(S)cc1.[2HH].[2HH].[2HH].[B].[B].[B].[B]. The van der Waals surface area contributed by atoms with Crippen LogP contribution >= 0.6 is 47.9 Å². The van der Waals surface area contributed by atoms with Gasteiger partial charge in [-0.15, -0.1) is 47.9 Å². The number of methoxy groups -OCH3 is 1. The molecule has 19 heteroatoms. The van der Waals surface area contributed by atoms with Crippen molar-refractivity contribution in [2.75, 3.05) is 46.2 Å². The molecule has 1 aliphatic heterocycles. The highest BCUT2D eigenvalue weighted by molar-refractivity contribution is 7.99. The van der Waals surface area contributed by atoms with Crippen LogP contribution < -0.4 is 20.1 Å². The van der Waals surface area contributed by atoms with Gasteiger partial charge in [-0.1, -0.05) is 89.5 Å². The molecule has 5 rings (SSSR count). The molecule has 12 radical (unpaired) electrons. The summed E-state index contributed by atoms with van der Waals surface area (Å²) in [7, 11) is 3.25. The Morgan fingerprint density at radius 3 is 0.918 bits per heavy atom. The van der Waals surface area contributed by atoms with Gasteiger partial charge in [-0.05, 0) is 150 Å². The van der Waals surface area contributed by atoms with E-state index in [1.54, 1.807) is 92.8 Å². The number of rotatable bonds is 7. The van der Waals surface area contributed by atoms with Crippen LogP contribution in [0.25, 0.3) is 0 Å². The maximum atomic E-state index is 10.4. The van der Waals surface area contributed by atoms with Crippen LogP contribution in [0.5, 0.6) is 23.0 Å². The van der Waals surface area contributed by atoms with E-state index in [-0.39, 0.29) is 55.6 Å². The number of hydrogen-bond donors (Lipinski definition) is 5. The van der Waals surface area contributed by atoms with Crippen molar-refractivity contribution in [1.29, 1.82) is 0 Å². The Bertz CT molecular complexity index is 1530. The zero-order valence-corrected chi connectivity index (χ0v) is 52.2. The molecule has 418 valence electrons. The third-order valence-electron chi connectivity index (χ3n) is 5.64. The third-order valence-corrected chi connectivity index (χ3v) is 8.17. The first-order valence-corrected chi connectivity index (χ1v) is 27.5. The highest BCUT2D eigenvalue weighted by atomic mass is 32.2. The van der Waals surface area contributed by atoms with Crippen LogP contribution in [0, 0.1) is 0 Å². The number of carbonyl (C=O) groups is 4. The monoisotopic (exact) mass is 1100 g/mol. The summed E-state index contributed by atoms with van der Waals surface area (Å²) in [6.45, 7) is 34.2. The van der Waals surface area contributed by atoms with Gasteiger partial charge in [0.1, 0.15) is 41.6 Å². The lowest BCUT2D eigenvalue weighted by atomic mass is 10.3. The van der Waals surface area contributed by atoms with Gasteiger partial charge in [-0.3, -0.25) is 10.1 Å². The maximum Gasteiger partial charge on any atom is 0.322 e. The molecule has 4 N–H and O–H groups in total. The Morgan fingerprint density at radius 1 is 0.548 bits per heavy atom. The van der Waals surface area contributed by atoms with E-state index in [4.69, 9.17) is 29.3 Å². The molecule has 1 fully saturated rings. The minimum Gasteiger partial charge on any atom is -0.508 e. The predicted molar refractivity (Wildman–Crippen MR) is 339 cm³/mol. The number of thiol groups is 1. The largest absolute Gasteiger partial charge is 0.508 e. The van der Waals surface area contributed by atoms with Crippen LogP contribution in [0.3, 0.4) is 0 Å². The standard InChI is InChI=1S/2C9H12OS.C7H8OS.C6H6OS.C4H6N2O2.C3H8.C2H6O.2C2H4O.5C2H6.4B.3H2/c2*1-3-10-8-4-6-9(11-2)7-5-8;1-9-7-4-2-6(8)3-5-7;7-5-1-3-6(8)4-2-5;1-2-3(7)6-4(8)5-2;2*1-3-2;2*1-2-3;5*1-2;;;;;;;/h2*4-7H,3H2,1-2H3;2-5,8H,1H3;1-4,7-8H;2H,1H3,(H2,5,6,7,8);3H2,1-2H3;1-2H3;2*2H,1H3;5*1-2H3;;;;;3*1H/i;;;;;;;;;;;;;;;;;;3*1+1. The van der Waals surface area contributed by atoms with Gasteiger partial charge in [0, 0.05) is 71.7 Å². The van der Waals surface area contributed by atoms with Crippen LogP contribution in [0.4, 0.5) is 4.79 Å². The van der Waals surface area contributed by atoms with E-state index in [0.29, 0.717) is 5.75 Å². The lowest BCUT2D eigenvalue weighted by Crippen LogP contribution is -2.24. The molecule has 1 heterocycles. The first-order valence-electron chi connectivity index (χ1n) is 23.4. The van der Waals surface area contributed by atoms with E-state index in [9.17, 15) is 9.59 Å². The topological polar surface area (TPSA) is 160 Å². The van der Waals surface area contributed by atoms with Crippen LogP contribution in [-0.4, -0.2) is 121 Å². The second-order valence-corrected chi connectivity index (χ2v) is 13.9. The minimum absolute atomic E-state index is 0. The molecule has 1 atom stereocenters. The molecule has 4 aromatic rings. The number of phenolic OH excluding ortho intramolecular Hbond substituents is 2. The lowest BCUT2D eigenvalue weighted by molar-refractivity contribution is -0.119. The number of urea groups is 1. The van der Waals surface area contributed by atoms with Crippen molar-refractivity contribution in [2.45, 2.75) is 150 Å². The molecule has 0 saturated carbocycles. The van der Waals surface area contributed by atoms with Crippen LogP contribution in [0.1, 0.15) is 128 Å². The Hall–Kier alpha value is -4.02. The molecular weight excluding hydrogens is 992 g/mol. The number of imide groups is 1. The second kappa shape index (κ2) is 90.7. The number of carbonyl (C=O) groups excluding carboxylic acids is 4. The smallest absolute Gasteiger partial charge is 0.322 e. The molecule has 1 saturated heterocycles. The van der Waals surface area contributed by atoms with E-state index in [2.05, 4.69) is 78.6 Å². The van der Waals surface area contributed by atoms with Crippen molar-refractivity contribution in [3.63, 3.8) is 0 Å². The average Bonchev–Trinajstić information content (AvgIpc) is 3.68. The first-order chi connectivity index (χ1) is 33.2. The number of thioether (sulfide) groups is 3. The summed E-state index contributed by atoms with van der Waals surface area (Å²) >= 11 is 9.17. The summed E-state index contributed by atoms with van der Waals surface area (Å²) in [5.74, 6) is 2.25. The second-order valence-electron chi connectivity index (χ2n) is 10.7. The van der Waals surface area contributed by atoms with Crippen molar-refractivity contribution in [2.24, 2.45) is 0 Å². The van der Waals surface area contributed by atoms with E-state index in [1.165, 1.54) is 35.0 Å². The molecule has 0 bridgehead atoms. The number of aldehydes is 2. The minimum atomic E-state index is -0.400. The zero-order valence-electron chi connectivity index (χ0n) is 48.8. The Labute approximate surface area is 478 Å². The fourth-order valence-corrected chi connectivity index (χ4v) is 4.60. The quantitative estimate of drug-likeness (QED) is 0.0392. The van der Waals surface area contributed by atoms with Crippen LogP contribution in [0.2, 0.25) is 0 Å². The molecule has 0 aromatic heterocycles. The van der Waals surface area contributed by atoms with Crippen molar-refractivity contribution in [3.8, 4) is 23.0 Å². The molecule has 1 unspecified atom stereocenters. The van der Waals surface area contributed by atoms with Crippen molar-refractivity contribution in [1.82, 2.24) is 10.6 Å². The Kier molecular flexibility index (Phi) is 126. The van der Waals surface area contributed by atoms with Crippen LogP contribution in [-0.2, 0) is 19.1 Å². The summed E-state index contributed by atoms with van der Waals surface area (Å²) < 4.78 is 14.8. The Morgan fingerprint density at radius 2 is 0.767 bits per heavy atom. The molecule has 0 spiro atoms. The number of amides is 3. The highest BCUT2D eigenvalue weighted by Crippen LogP contribution is 2.20. The molecule has 4 aromatic carbocycles. The van der Waals surface area contributed by atoms with Crippen LogP contribution in [0.15, 0.2) is 117 Å². The van der Waals surface area contributed by atoms with E-state index >= 15 is 0 Å². The molecule has 1 aliphatic rings. The van der Waals surface area contributed by atoms with Gasteiger partial charge in [0.05, 0.1) is 13.2 Å². The number of benzene rings is 4. The van der Waals surface area contributed by atoms with E-state index < -0.39 is 6.03 Å². The van der Waals surface area contributed by atoms with Gasteiger partial charge < -0.3 is 39.3 Å². The van der Waals surface area contributed by atoms with Crippen molar-refractivity contribution < 1.29 is 47.9 Å². The third kappa shape index (κ3) is 82.3. The number of nitrogens with one attached hydrogen (secondary N) is 2. The summed E-state index contributed by atoms with van der Waals surface area (Å²) in [5.41, 5.74) is 0. The highest BCUT2D eigenvalue weighted by Gasteiger charge is 2.24.